The van der Waals surface area contributed by atoms with Crippen molar-refractivity contribution in [3.8, 4) is 0 Å². The van der Waals surface area contributed by atoms with E-state index in [1.54, 1.807) is 0 Å². The topological polar surface area (TPSA) is 66.4 Å². The standard InChI is InChI=1S/C20H37NO3/c1-5-7-9-10-12-14-17(13-11-8-6-2)19(22)21-18(20(23)24)15-16(3)4/h6,16-18H,2,5,7-15H2,1,3-4H3,(H,21,22)(H,23,24). The molecule has 0 saturated carbocycles. The van der Waals surface area contributed by atoms with Gasteiger partial charge in [0.05, 0.1) is 0 Å². The Balaban J connectivity index is 4.56. The molecule has 1 amide bonds. The molecule has 4 nitrogen and oxygen atoms in total. The summed E-state index contributed by atoms with van der Waals surface area (Å²) >= 11 is 0. The van der Waals surface area contributed by atoms with Gasteiger partial charge < -0.3 is 10.4 Å². The molecule has 0 aromatic heterocycles. The van der Waals surface area contributed by atoms with Crippen molar-refractivity contribution in [2.24, 2.45) is 11.8 Å². The summed E-state index contributed by atoms with van der Waals surface area (Å²) in [6.07, 6.45) is 11.7. The molecule has 0 aromatic rings. The van der Waals surface area contributed by atoms with E-state index in [9.17, 15) is 14.7 Å². The molecular weight excluding hydrogens is 302 g/mol. The minimum Gasteiger partial charge on any atom is -0.480 e. The molecule has 0 fully saturated rings. The molecular formula is C20H37NO3. The van der Waals surface area contributed by atoms with Crippen LogP contribution in [-0.4, -0.2) is 23.0 Å². The normalized spacial score (nSPS) is 13.5. The van der Waals surface area contributed by atoms with Gasteiger partial charge in [-0.25, -0.2) is 4.79 Å². The zero-order valence-electron chi connectivity index (χ0n) is 15.9. The maximum absolute atomic E-state index is 12.6. The second-order valence-corrected chi connectivity index (χ2v) is 7.15. The van der Waals surface area contributed by atoms with Crippen LogP contribution in [0.5, 0.6) is 0 Å². The van der Waals surface area contributed by atoms with Crippen molar-refractivity contribution in [2.45, 2.75) is 91.0 Å². The van der Waals surface area contributed by atoms with Crippen LogP contribution in [0.4, 0.5) is 0 Å². The first-order valence-corrected chi connectivity index (χ1v) is 9.56. The van der Waals surface area contributed by atoms with Crippen LogP contribution in [0.15, 0.2) is 12.7 Å². The molecule has 0 bridgehead atoms. The molecule has 2 atom stereocenters. The average Bonchev–Trinajstić information content (AvgIpc) is 2.51. The van der Waals surface area contributed by atoms with Crippen molar-refractivity contribution in [1.82, 2.24) is 5.32 Å². The highest BCUT2D eigenvalue weighted by Gasteiger charge is 2.25. The molecule has 0 aliphatic heterocycles. The summed E-state index contributed by atoms with van der Waals surface area (Å²) in [5.41, 5.74) is 0. The zero-order valence-corrected chi connectivity index (χ0v) is 15.9. The maximum atomic E-state index is 12.6. The largest absolute Gasteiger partial charge is 0.480 e. The number of hydrogen-bond donors (Lipinski definition) is 2. The Labute approximate surface area is 148 Å². The molecule has 2 N–H and O–H groups in total. The summed E-state index contributed by atoms with van der Waals surface area (Å²) in [5.74, 6) is -0.882. The first kappa shape index (κ1) is 22.7. The lowest BCUT2D eigenvalue weighted by atomic mass is 9.93. The Bertz CT molecular complexity index is 366. The van der Waals surface area contributed by atoms with E-state index in [4.69, 9.17) is 0 Å². The second kappa shape index (κ2) is 14.1. The van der Waals surface area contributed by atoms with Gasteiger partial charge in [0.25, 0.3) is 0 Å². The summed E-state index contributed by atoms with van der Waals surface area (Å²) < 4.78 is 0. The number of allylic oxidation sites excluding steroid dienone is 1. The fourth-order valence-corrected chi connectivity index (χ4v) is 2.89. The number of carbonyl (C=O) groups excluding carboxylic acids is 1. The number of hydrogen-bond acceptors (Lipinski definition) is 2. The van der Waals surface area contributed by atoms with Gasteiger partial charge in [-0.1, -0.05) is 59.0 Å². The number of carboxylic acids is 1. The Morgan fingerprint density at radius 3 is 2.25 bits per heavy atom. The van der Waals surface area contributed by atoms with Gasteiger partial charge in [0.1, 0.15) is 6.04 Å². The van der Waals surface area contributed by atoms with Crippen LogP contribution in [0.25, 0.3) is 0 Å². The molecule has 0 aliphatic rings. The lowest BCUT2D eigenvalue weighted by molar-refractivity contribution is -0.143. The van der Waals surface area contributed by atoms with Crippen LogP contribution < -0.4 is 5.32 Å². The van der Waals surface area contributed by atoms with Crippen molar-refractivity contribution in [2.75, 3.05) is 0 Å². The van der Waals surface area contributed by atoms with E-state index in [0.717, 1.165) is 38.5 Å². The number of amides is 1. The average molecular weight is 340 g/mol. The third kappa shape index (κ3) is 11.3. The van der Waals surface area contributed by atoms with Crippen LogP contribution in [0.1, 0.15) is 85.0 Å². The van der Waals surface area contributed by atoms with Crippen LogP contribution in [0.3, 0.4) is 0 Å². The van der Waals surface area contributed by atoms with E-state index in [-0.39, 0.29) is 17.7 Å². The van der Waals surface area contributed by atoms with Crippen LogP contribution in [0, 0.1) is 11.8 Å². The maximum Gasteiger partial charge on any atom is 0.326 e. The SMILES string of the molecule is C=CCCCC(CCCCCCC)C(=O)NC(CC(C)C)C(=O)O. The van der Waals surface area contributed by atoms with Crippen molar-refractivity contribution in [1.29, 1.82) is 0 Å². The minimum absolute atomic E-state index is 0.0828. The number of carboxylic acid groups (broad SMARTS) is 1. The fourth-order valence-electron chi connectivity index (χ4n) is 2.89. The molecule has 140 valence electrons. The summed E-state index contributed by atoms with van der Waals surface area (Å²) in [6.45, 7) is 9.85. The highest BCUT2D eigenvalue weighted by molar-refractivity contribution is 5.84. The second-order valence-electron chi connectivity index (χ2n) is 7.15. The number of nitrogens with one attached hydrogen (secondary N) is 1. The smallest absolute Gasteiger partial charge is 0.326 e. The molecule has 0 aliphatic carbocycles. The van der Waals surface area contributed by atoms with E-state index in [0.29, 0.717) is 6.42 Å². The minimum atomic E-state index is -0.940. The number of unbranched alkanes of at least 4 members (excludes halogenated alkanes) is 5. The predicted octanol–water partition coefficient (Wildman–Crippen LogP) is 4.93. The van der Waals surface area contributed by atoms with Crippen molar-refractivity contribution in [3.63, 3.8) is 0 Å². The summed E-state index contributed by atoms with van der Waals surface area (Å²) in [5, 5.41) is 12.1. The zero-order chi connectivity index (χ0) is 18.4. The lowest BCUT2D eigenvalue weighted by Gasteiger charge is -2.21. The van der Waals surface area contributed by atoms with Crippen LogP contribution in [-0.2, 0) is 9.59 Å². The highest BCUT2D eigenvalue weighted by Crippen LogP contribution is 2.19. The molecule has 0 rings (SSSR count). The van der Waals surface area contributed by atoms with E-state index in [2.05, 4.69) is 18.8 Å². The molecule has 0 heterocycles. The lowest BCUT2D eigenvalue weighted by Crippen LogP contribution is -2.44. The van der Waals surface area contributed by atoms with E-state index in [1.807, 2.05) is 19.9 Å². The van der Waals surface area contributed by atoms with Crippen LogP contribution in [0.2, 0.25) is 0 Å². The van der Waals surface area contributed by atoms with Gasteiger partial charge in [-0.2, -0.15) is 0 Å². The molecule has 0 aromatic carbocycles. The monoisotopic (exact) mass is 339 g/mol. The Morgan fingerprint density at radius 1 is 1.08 bits per heavy atom. The predicted molar refractivity (Wildman–Crippen MR) is 99.9 cm³/mol. The third-order valence-corrected chi connectivity index (χ3v) is 4.31. The van der Waals surface area contributed by atoms with Crippen molar-refractivity contribution in [3.05, 3.63) is 12.7 Å². The van der Waals surface area contributed by atoms with Gasteiger partial charge in [-0.3, -0.25) is 4.79 Å². The molecule has 4 heteroatoms. The van der Waals surface area contributed by atoms with Gasteiger partial charge in [-0.05, 0) is 38.0 Å². The molecule has 0 radical (unpaired) electrons. The quantitative estimate of drug-likeness (QED) is 0.328. The van der Waals surface area contributed by atoms with Gasteiger partial charge in [0, 0.05) is 5.92 Å². The summed E-state index contributed by atoms with van der Waals surface area (Å²) in [4.78, 5) is 23.9. The third-order valence-electron chi connectivity index (χ3n) is 4.31. The highest BCUT2D eigenvalue weighted by atomic mass is 16.4. The number of carbonyl (C=O) groups is 2. The first-order chi connectivity index (χ1) is 11.4. The number of aliphatic carboxylic acids is 1. The first-order valence-electron chi connectivity index (χ1n) is 9.56. The Hall–Kier alpha value is -1.32. The molecule has 0 spiro atoms. The van der Waals surface area contributed by atoms with Crippen molar-refractivity contribution >= 4 is 11.9 Å². The van der Waals surface area contributed by atoms with E-state index >= 15 is 0 Å². The van der Waals surface area contributed by atoms with Gasteiger partial charge >= 0.3 is 5.97 Å². The summed E-state index contributed by atoms with van der Waals surface area (Å²) in [6, 6.07) is -0.778. The molecule has 2 unspecified atom stereocenters. The van der Waals surface area contributed by atoms with Gasteiger partial charge in [0.2, 0.25) is 5.91 Å². The van der Waals surface area contributed by atoms with Crippen molar-refractivity contribution < 1.29 is 14.7 Å². The van der Waals surface area contributed by atoms with Crippen LogP contribution >= 0.6 is 0 Å². The summed E-state index contributed by atoms with van der Waals surface area (Å²) in [7, 11) is 0. The van der Waals surface area contributed by atoms with E-state index in [1.165, 1.54) is 19.3 Å². The van der Waals surface area contributed by atoms with E-state index < -0.39 is 12.0 Å². The Kier molecular flexibility index (Phi) is 13.3. The van der Waals surface area contributed by atoms with Gasteiger partial charge in [0.15, 0.2) is 0 Å². The molecule has 0 saturated heterocycles. The van der Waals surface area contributed by atoms with Gasteiger partial charge in [-0.15, -0.1) is 6.58 Å². The fraction of sp³-hybridized carbons (Fsp3) is 0.800. The number of rotatable bonds is 15. The molecule has 24 heavy (non-hydrogen) atoms. The Morgan fingerprint density at radius 2 is 1.71 bits per heavy atom.